The molecule has 1 saturated carbocycles. The van der Waals surface area contributed by atoms with E-state index in [-0.39, 0.29) is 12.5 Å². The molecule has 1 amide bonds. The number of fused-ring (bicyclic) bond motifs is 1. The second kappa shape index (κ2) is 6.24. The number of carbonyl (C=O) groups is 2. The zero-order chi connectivity index (χ0) is 18.2. The fraction of sp³-hybridized carbons (Fsp3) is 0.529. The molecule has 8 heteroatoms. The quantitative estimate of drug-likeness (QED) is 0.900. The fourth-order valence-corrected chi connectivity index (χ4v) is 3.89. The molecule has 1 saturated heterocycles. The second-order valence-corrected chi connectivity index (χ2v) is 6.61. The van der Waals surface area contributed by atoms with Crippen LogP contribution in [0, 0.1) is 11.3 Å². The standard InChI is InChI=1S/C17H18F3NO4/c18-17(19,20)12-5-1-2-6-13(12)25-9-14(22)21-8-11-4-3-7-16(11,10-21)15(23)24/h1-2,5-6,11H,3-4,7-10H2,(H,23,24)/t11-,16+/m0/s1. The molecule has 0 unspecified atom stereocenters. The van der Waals surface area contributed by atoms with Crippen LogP contribution in [0.1, 0.15) is 24.8 Å². The Balaban J connectivity index is 1.66. The van der Waals surface area contributed by atoms with Crippen molar-refractivity contribution in [2.75, 3.05) is 19.7 Å². The normalized spacial score (nSPS) is 25.7. The smallest absolute Gasteiger partial charge is 0.419 e. The number of carbonyl (C=O) groups excluding carboxylic acids is 1. The third-order valence-electron chi connectivity index (χ3n) is 5.19. The average Bonchev–Trinajstić information content (AvgIpc) is 3.10. The van der Waals surface area contributed by atoms with Crippen molar-refractivity contribution in [3.05, 3.63) is 29.8 Å². The van der Waals surface area contributed by atoms with E-state index in [4.69, 9.17) is 4.74 Å². The summed E-state index contributed by atoms with van der Waals surface area (Å²) >= 11 is 0. The summed E-state index contributed by atoms with van der Waals surface area (Å²) in [6.07, 6.45) is -2.49. The van der Waals surface area contributed by atoms with Gasteiger partial charge in [-0.05, 0) is 30.9 Å². The lowest BCUT2D eigenvalue weighted by molar-refractivity contribution is -0.150. The van der Waals surface area contributed by atoms with E-state index in [0.717, 1.165) is 25.0 Å². The summed E-state index contributed by atoms with van der Waals surface area (Å²) in [5.74, 6) is -1.91. The van der Waals surface area contributed by atoms with Gasteiger partial charge < -0.3 is 14.7 Å². The van der Waals surface area contributed by atoms with Crippen molar-refractivity contribution < 1.29 is 32.6 Å². The second-order valence-electron chi connectivity index (χ2n) is 6.61. The number of rotatable bonds is 4. The van der Waals surface area contributed by atoms with Crippen molar-refractivity contribution in [3.63, 3.8) is 0 Å². The Kier molecular flexibility index (Phi) is 4.38. The first-order valence-electron chi connectivity index (χ1n) is 8.04. The van der Waals surface area contributed by atoms with Crippen molar-refractivity contribution >= 4 is 11.9 Å². The van der Waals surface area contributed by atoms with Crippen LogP contribution in [0.3, 0.4) is 0 Å². The number of hydrogen-bond acceptors (Lipinski definition) is 3. The molecular weight excluding hydrogens is 339 g/mol. The van der Waals surface area contributed by atoms with Crippen LogP contribution in [0.2, 0.25) is 0 Å². The maximum absolute atomic E-state index is 12.9. The molecule has 5 nitrogen and oxygen atoms in total. The fourth-order valence-electron chi connectivity index (χ4n) is 3.89. The van der Waals surface area contributed by atoms with Gasteiger partial charge in [0.1, 0.15) is 5.75 Å². The first kappa shape index (κ1) is 17.6. The van der Waals surface area contributed by atoms with E-state index in [1.54, 1.807) is 0 Å². The topological polar surface area (TPSA) is 66.8 Å². The number of alkyl halides is 3. The largest absolute Gasteiger partial charge is 0.483 e. The Bertz CT molecular complexity index is 691. The number of hydrogen-bond donors (Lipinski definition) is 1. The molecule has 2 atom stereocenters. The highest BCUT2D eigenvalue weighted by atomic mass is 19.4. The van der Waals surface area contributed by atoms with Gasteiger partial charge in [-0.1, -0.05) is 18.6 Å². The van der Waals surface area contributed by atoms with Gasteiger partial charge in [0.15, 0.2) is 6.61 Å². The van der Waals surface area contributed by atoms with E-state index >= 15 is 0 Å². The molecule has 1 aromatic carbocycles. The van der Waals surface area contributed by atoms with E-state index in [2.05, 4.69) is 0 Å². The monoisotopic (exact) mass is 357 g/mol. The minimum atomic E-state index is -4.57. The SMILES string of the molecule is O=C(COc1ccccc1C(F)(F)F)N1C[C@@H]2CCC[C@@]2(C(=O)O)C1. The molecule has 1 aliphatic carbocycles. The van der Waals surface area contributed by atoms with E-state index in [0.29, 0.717) is 13.0 Å². The Morgan fingerprint density at radius 3 is 2.68 bits per heavy atom. The molecule has 1 aromatic rings. The van der Waals surface area contributed by atoms with Crippen LogP contribution in [-0.4, -0.2) is 41.6 Å². The zero-order valence-electron chi connectivity index (χ0n) is 13.4. The van der Waals surface area contributed by atoms with Crippen LogP contribution >= 0.6 is 0 Å². The number of aliphatic carboxylic acids is 1. The van der Waals surface area contributed by atoms with Crippen LogP contribution in [-0.2, 0) is 15.8 Å². The summed E-state index contributed by atoms with van der Waals surface area (Å²) in [6, 6.07) is 4.69. The third kappa shape index (κ3) is 3.17. The van der Waals surface area contributed by atoms with Gasteiger partial charge in [-0.2, -0.15) is 13.2 Å². The first-order valence-corrected chi connectivity index (χ1v) is 8.04. The predicted molar refractivity (Wildman–Crippen MR) is 80.9 cm³/mol. The predicted octanol–water partition coefficient (Wildman–Crippen LogP) is 2.80. The Morgan fingerprint density at radius 1 is 1.32 bits per heavy atom. The van der Waals surface area contributed by atoms with Crippen molar-refractivity contribution in [3.8, 4) is 5.75 Å². The maximum Gasteiger partial charge on any atom is 0.419 e. The number of ether oxygens (including phenoxy) is 1. The molecule has 3 rings (SSSR count). The van der Waals surface area contributed by atoms with Gasteiger partial charge in [-0.3, -0.25) is 9.59 Å². The zero-order valence-corrected chi connectivity index (χ0v) is 13.4. The third-order valence-corrected chi connectivity index (χ3v) is 5.19. The molecule has 0 bridgehead atoms. The molecule has 1 heterocycles. The number of carboxylic acid groups (broad SMARTS) is 1. The van der Waals surface area contributed by atoms with Gasteiger partial charge in [0.25, 0.3) is 5.91 Å². The highest BCUT2D eigenvalue weighted by Gasteiger charge is 2.55. The van der Waals surface area contributed by atoms with Gasteiger partial charge in [-0.15, -0.1) is 0 Å². The highest BCUT2D eigenvalue weighted by molar-refractivity contribution is 5.82. The minimum Gasteiger partial charge on any atom is -0.483 e. The Morgan fingerprint density at radius 2 is 2.04 bits per heavy atom. The number of amides is 1. The summed E-state index contributed by atoms with van der Waals surface area (Å²) in [6.45, 7) is -0.138. The number of nitrogens with zero attached hydrogens (tertiary/aromatic N) is 1. The molecule has 0 aromatic heterocycles. The first-order chi connectivity index (χ1) is 11.7. The number of para-hydroxylation sites is 1. The Labute approximate surface area is 142 Å². The number of likely N-dealkylation sites (tertiary alicyclic amines) is 1. The van der Waals surface area contributed by atoms with Gasteiger partial charge in [0.2, 0.25) is 0 Å². The molecule has 0 spiro atoms. The molecule has 2 aliphatic rings. The van der Waals surface area contributed by atoms with Crippen LogP contribution in [0.15, 0.2) is 24.3 Å². The maximum atomic E-state index is 12.9. The number of benzene rings is 1. The summed E-state index contributed by atoms with van der Waals surface area (Å²) in [5.41, 5.74) is -1.86. The minimum absolute atomic E-state index is 0.0934. The van der Waals surface area contributed by atoms with Crippen molar-refractivity contribution in [2.45, 2.75) is 25.4 Å². The summed E-state index contributed by atoms with van der Waals surface area (Å²) < 4.78 is 43.9. The van der Waals surface area contributed by atoms with Crippen LogP contribution in [0.5, 0.6) is 5.75 Å². The van der Waals surface area contributed by atoms with E-state index in [1.165, 1.54) is 17.0 Å². The van der Waals surface area contributed by atoms with E-state index < -0.39 is 41.4 Å². The van der Waals surface area contributed by atoms with Gasteiger partial charge in [0, 0.05) is 13.1 Å². The van der Waals surface area contributed by atoms with Gasteiger partial charge in [-0.25, -0.2) is 0 Å². The molecule has 136 valence electrons. The molecule has 0 radical (unpaired) electrons. The van der Waals surface area contributed by atoms with Gasteiger partial charge in [0.05, 0.1) is 11.0 Å². The molecule has 25 heavy (non-hydrogen) atoms. The van der Waals surface area contributed by atoms with E-state index in [9.17, 15) is 27.9 Å². The highest BCUT2D eigenvalue weighted by Crippen LogP contribution is 2.48. The van der Waals surface area contributed by atoms with Crippen molar-refractivity contribution in [1.82, 2.24) is 4.90 Å². The van der Waals surface area contributed by atoms with Gasteiger partial charge >= 0.3 is 12.1 Å². The molecule has 2 fully saturated rings. The van der Waals surface area contributed by atoms with Crippen molar-refractivity contribution in [1.29, 1.82) is 0 Å². The number of carboxylic acids is 1. The van der Waals surface area contributed by atoms with Crippen molar-refractivity contribution in [2.24, 2.45) is 11.3 Å². The van der Waals surface area contributed by atoms with Crippen LogP contribution < -0.4 is 4.74 Å². The van der Waals surface area contributed by atoms with E-state index in [1.807, 2.05) is 0 Å². The lowest BCUT2D eigenvalue weighted by Gasteiger charge is -2.23. The Hall–Kier alpha value is -2.25. The lowest BCUT2D eigenvalue weighted by atomic mass is 9.81. The summed E-state index contributed by atoms with van der Waals surface area (Å²) in [5, 5.41) is 9.51. The summed E-state index contributed by atoms with van der Waals surface area (Å²) in [7, 11) is 0. The lowest BCUT2D eigenvalue weighted by Crippen LogP contribution is -2.38. The summed E-state index contributed by atoms with van der Waals surface area (Å²) in [4.78, 5) is 25.3. The number of halogens is 3. The molecule has 1 aliphatic heterocycles. The molecular formula is C17H18F3NO4. The average molecular weight is 357 g/mol. The van der Waals surface area contributed by atoms with Crippen LogP contribution in [0.4, 0.5) is 13.2 Å². The van der Waals surface area contributed by atoms with Crippen LogP contribution in [0.25, 0.3) is 0 Å². The molecule has 1 N–H and O–H groups in total.